The first kappa shape index (κ1) is 44.1. The van der Waals surface area contributed by atoms with Gasteiger partial charge in [-0.3, -0.25) is 0 Å². The maximum absolute atomic E-state index is 6.17. The van der Waals surface area contributed by atoms with E-state index in [1.54, 1.807) is 0 Å². The predicted octanol–water partition coefficient (Wildman–Crippen LogP) is 4.62. The van der Waals surface area contributed by atoms with Crippen LogP contribution in [0.1, 0.15) is 0 Å². The summed E-state index contributed by atoms with van der Waals surface area (Å²) in [5.74, 6) is 12.0. The smallest absolute Gasteiger partial charge is 0.167 e. The van der Waals surface area contributed by atoms with Crippen LogP contribution in [0.2, 0.25) is 0 Å². The Bertz CT molecular complexity index is 921. The van der Waals surface area contributed by atoms with E-state index < -0.39 is 0 Å². The quantitative estimate of drug-likeness (QED) is 0.111. The fourth-order valence-corrected chi connectivity index (χ4v) is 12.9. The van der Waals surface area contributed by atoms with Crippen molar-refractivity contribution in [1.82, 2.24) is 0 Å². The Hall–Kier alpha value is 2.58. The van der Waals surface area contributed by atoms with Crippen molar-refractivity contribution in [3.63, 3.8) is 0 Å². The van der Waals surface area contributed by atoms with Crippen LogP contribution in [0.4, 0.5) is 0 Å². The molecule has 0 aromatic carbocycles. The molecule has 0 aliphatic carbocycles. The molecule has 0 unspecified atom stereocenters. The van der Waals surface area contributed by atoms with E-state index in [4.69, 9.17) is 56.8 Å². The highest BCUT2D eigenvalue weighted by Gasteiger charge is 2.40. The molecule has 0 N–H and O–H groups in total. The minimum atomic E-state index is -0.216. The van der Waals surface area contributed by atoms with Gasteiger partial charge < -0.3 is 56.8 Å². The van der Waals surface area contributed by atoms with Crippen LogP contribution in [0.15, 0.2) is 0 Å². The number of alkyl halides is 2. The molecule has 0 spiro atoms. The molecule has 12 nitrogen and oxygen atoms in total. The Morgan fingerprint density at radius 2 is 0.519 bits per heavy atom. The summed E-state index contributed by atoms with van der Waals surface area (Å²) in [5, 5.41) is 1.32. The maximum atomic E-state index is 6.17. The maximum Gasteiger partial charge on any atom is 0.167 e. The van der Waals surface area contributed by atoms with Crippen LogP contribution in [0.3, 0.4) is 0 Å². The van der Waals surface area contributed by atoms with Gasteiger partial charge in [0, 0.05) is 69.0 Å². The molecule has 20 heteroatoms. The van der Waals surface area contributed by atoms with Gasteiger partial charge in [-0.15, -0.1) is 0 Å². The second-order valence-corrected chi connectivity index (χ2v) is 20.8. The van der Waals surface area contributed by atoms with E-state index in [0.717, 1.165) is 69.0 Å². The molecule has 0 bridgehead atoms. The van der Waals surface area contributed by atoms with Crippen LogP contribution in [-0.2, 0) is 56.8 Å². The average molecular weight is 981 g/mol. The lowest BCUT2D eigenvalue weighted by atomic mass is 10.2. The zero-order valence-electron chi connectivity index (χ0n) is 29.2. The molecule has 0 amide bonds. The molecule has 302 valence electrons. The van der Waals surface area contributed by atoms with Gasteiger partial charge in [-0.25, -0.2) is 0 Å². The van der Waals surface area contributed by atoms with Crippen LogP contribution in [0, 0.1) is 0 Å². The molecule has 0 aromatic rings. The van der Waals surface area contributed by atoms with Crippen molar-refractivity contribution < 1.29 is 56.8 Å². The Labute approximate surface area is 350 Å². The standard InChI is InChI=1S/C32H52Br2O12S6/c33-9-27-35-11-23-21(41-27)13-37-29(43-23)17-49-5-1-47-3-7-51-19-31-39-15-26-25(45-31)16-40-32(46-26)20-52-8-4-48-2-6-50-18-30-38-14-22-24(44-30)12-36-28(10-34)42-22/h21-32H,1-20H2/t21-,22-,23-,24-,25-,26-,27+,28+,29+,30+,31+,32+/m0/s1. The van der Waals surface area contributed by atoms with Crippen molar-refractivity contribution in [1.29, 1.82) is 0 Å². The van der Waals surface area contributed by atoms with Gasteiger partial charge in [-0.05, 0) is 0 Å². The van der Waals surface area contributed by atoms with E-state index in [0.29, 0.717) is 50.3 Å². The molecule has 12 atom stereocenters. The van der Waals surface area contributed by atoms with Gasteiger partial charge in [0.05, 0.1) is 50.3 Å². The molecule has 0 aromatic heterocycles. The van der Waals surface area contributed by atoms with Crippen molar-refractivity contribution >= 4 is 102 Å². The van der Waals surface area contributed by atoms with E-state index in [2.05, 4.69) is 31.9 Å². The van der Waals surface area contributed by atoms with Crippen LogP contribution >= 0.6 is 102 Å². The van der Waals surface area contributed by atoms with Gasteiger partial charge in [0.1, 0.15) is 36.6 Å². The van der Waals surface area contributed by atoms with Gasteiger partial charge in [0.15, 0.2) is 37.7 Å². The van der Waals surface area contributed by atoms with E-state index in [9.17, 15) is 0 Å². The molecular formula is C32H52Br2O12S6. The van der Waals surface area contributed by atoms with E-state index in [1.807, 2.05) is 70.6 Å². The largest absolute Gasteiger partial charge is 0.349 e. The molecule has 6 heterocycles. The summed E-state index contributed by atoms with van der Waals surface area (Å²) >= 11 is 18.2. The Morgan fingerprint density at radius 1 is 0.308 bits per heavy atom. The molecule has 0 saturated carbocycles. The zero-order valence-corrected chi connectivity index (χ0v) is 37.2. The van der Waals surface area contributed by atoms with Crippen molar-refractivity contribution in [2.24, 2.45) is 0 Å². The fraction of sp³-hybridized carbons (Fsp3) is 1.00. The normalized spacial score (nSPS) is 38.0. The highest BCUT2D eigenvalue weighted by molar-refractivity contribution is 9.09. The van der Waals surface area contributed by atoms with Gasteiger partial charge >= 0.3 is 0 Å². The third kappa shape index (κ3) is 15.0. The molecule has 6 aliphatic rings. The summed E-state index contributed by atoms with van der Waals surface area (Å²) in [6.45, 7) is 3.36. The lowest BCUT2D eigenvalue weighted by Gasteiger charge is -2.41. The number of halogens is 2. The third-order valence-corrected chi connectivity index (χ3v) is 16.7. The van der Waals surface area contributed by atoms with E-state index in [-0.39, 0.29) is 74.4 Å². The Kier molecular flexibility index (Phi) is 21.4. The topological polar surface area (TPSA) is 111 Å². The summed E-state index contributed by atoms with van der Waals surface area (Å²) in [4.78, 5) is 0. The minimum Gasteiger partial charge on any atom is -0.349 e. The van der Waals surface area contributed by atoms with Crippen molar-refractivity contribution in [3.8, 4) is 0 Å². The zero-order chi connectivity index (χ0) is 35.8. The minimum absolute atomic E-state index is 0.0412. The summed E-state index contributed by atoms with van der Waals surface area (Å²) in [6, 6.07) is 0. The highest BCUT2D eigenvalue weighted by atomic mass is 79.9. The number of ether oxygens (including phenoxy) is 12. The van der Waals surface area contributed by atoms with Gasteiger partial charge in [-0.2, -0.15) is 70.6 Å². The molecule has 6 fully saturated rings. The van der Waals surface area contributed by atoms with Crippen molar-refractivity contribution in [2.45, 2.75) is 74.4 Å². The van der Waals surface area contributed by atoms with E-state index >= 15 is 0 Å². The number of fused-ring (bicyclic) bond motifs is 3. The van der Waals surface area contributed by atoms with Crippen LogP contribution in [0.25, 0.3) is 0 Å². The number of hydrogen-bond acceptors (Lipinski definition) is 18. The molecule has 6 rings (SSSR count). The summed E-state index contributed by atoms with van der Waals surface area (Å²) in [7, 11) is 0. The Morgan fingerprint density at radius 3 is 0.769 bits per heavy atom. The molecular weight excluding hydrogens is 929 g/mol. The van der Waals surface area contributed by atoms with Gasteiger partial charge in [-0.1, -0.05) is 31.9 Å². The highest BCUT2D eigenvalue weighted by Crippen LogP contribution is 2.29. The molecule has 52 heavy (non-hydrogen) atoms. The van der Waals surface area contributed by atoms with Crippen molar-refractivity contribution in [3.05, 3.63) is 0 Å². The molecule has 6 saturated heterocycles. The van der Waals surface area contributed by atoms with Crippen LogP contribution < -0.4 is 0 Å². The monoisotopic (exact) mass is 978 g/mol. The predicted molar refractivity (Wildman–Crippen MR) is 219 cm³/mol. The van der Waals surface area contributed by atoms with Crippen LogP contribution in [-0.4, -0.2) is 194 Å². The summed E-state index contributed by atoms with van der Waals surface area (Å²) in [6.07, 6.45) is -1.51. The average Bonchev–Trinajstić information content (AvgIpc) is 3.19. The summed E-state index contributed by atoms with van der Waals surface area (Å²) in [5.41, 5.74) is 0. The second-order valence-electron chi connectivity index (χ2n) is 12.5. The lowest BCUT2D eigenvalue weighted by molar-refractivity contribution is -0.326. The van der Waals surface area contributed by atoms with Gasteiger partial charge in [0.2, 0.25) is 0 Å². The first-order chi connectivity index (χ1) is 25.7. The first-order valence-electron chi connectivity index (χ1n) is 17.9. The SMILES string of the molecule is BrC[C@@H]1OC[C@@H]2O[C@H](CSCCSCCSC[C@@H]3OC[C@@H]4O[C@H](CSCCSCCSC[C@@H]5OC[C@@H]6O[C@H](CBr)OC[C@@H]6O5)OC[C@@H]4O3)OC[C@@H]2O1. The van der Waals surface area contributed by atoms with Crippen molar-refractivity contribution in [2.75, 3.05) is 119 Å². The van der Waals surface area contributed by atoms with Crippen LogP contribution in [0.5, 0.6) is 0 Å². The number of rotatable bonds is 22. The number of hydrogen-bond donors (Lipinski definition) is 0. The van der Waals surface area contributed by atoms with Gasteiger partial charge in [0.25, 0.3) is 0 Å². The van der Waals surface area contributed by atoms with E-state index in [1.165, 1.54) is 0 Å². The third-order valence-electron chi connectivity index (χ3n) is 8.64. The molecule has 6 aliphatic heterocycles. The second kappa shape index (κ2) is 25.3. The Balaban J connectivity index is 0.689. The number of thioether (sulfide) groups is 6. The molecule has 0 radical (unpaired) electrons. The summed E-state index contributed by atoms with van der Waals surface area (Å²) < 4.78 is 71.1. The first-order valence-corrected chi connectivity index (χ1v) is 27.0. The fourth-order valence-electron chi connectivity index (χ4n) is 5.93. The lowest BCUT2D eigenvalue weighted by Crippen LogP contribution is -2.54.